The molecule has 0 fully saturated rings. The number of hydrogen-bond acceptors (Lipinski definition) is 4. The third-order valence-electron chi connectivity index (χ3n) is 4.71. The molecule has 3 aromatic rings. The summed E-state index contributed by atoms with van der Waals surface area (Å²) >= 11 is 0. The molecule has 152 valence electrons. The lowest BCUT2D eigenvalue weighted by Crippen LogP contribution is -2.15. The van der Waals surface area contributed by atoms with E-state index in [0.717, 1.165) is 12.1 Å². The zero-order valence-corrected chi connectivity index (χ0v) is 16.6. The van der Waals surface area contributed by atoms with Gasteiger partial charge in [-0.05, 0) is 53.4 Å². The Morgan fingerprint density at radius 2 is 1.72 bits per heavy atom. The average Bonchev–Trinajstić information content (AvgIpc) is 2.67. The molecule has 3 N–H and O–H groups in total. The van der Waals surface area contributed by atoms with Gasteiger partial charge in [0.2, 0.25) is 0 Å². The van der Waals surface area contributed by atoms with Gasteiger partial charge in [-0.15, -0.1) is 0 Å². The van der Waals surface area contributed by atoms with Crippen LogP contribution in [-0.4, -0.2) is 20.1 Å². The molecule has 0 saturated heterocycles. The lowest BCUT2D eigenvalue weighted by atomic mass is 10.0. The predicted octanol–water partition coefficient (Wildman–Crippen LogP) is 3.91. The minimum Gasteiger partial charge on any atom is -0.394 e. The van der Waals surface area contributed by atoms with E-state index < -0.39 is 27.5 Å². The fourth-order valence-electron chi connectivity index (χ4n) is 3.16. The molecule has 3 aromatic carbocycles. The summed E-state index contributed by atoms with van der Waals surface area (Å²) in [6.45, 7) is 1.44. The zero-order valence-electron chi connectivity index (χ0n) is 15.8. The number of halogens is 2. The van der Waals surface area contributed by atoms with Crippen LogP contribution in [0, 0.1) is 18.6 Å². The molecule has 29 heavy (non-hydrogen) atoms. The molecule has 0 aromatic heterocycles. The molecule has 3 rings (SSSR count). The number of aryl methyl sites for hydroxylation is 1. The topological polar surface area (TPSA) is 80.4 Å². The number of aliphatic hydroxyl groups is 1. The van der Waals surface area contributed by atoms with Crippen molar-refractivity contribution < 1.29 is 22.3 Å². The molecule has 0 radical (unpaired) electrons. The van der Waals surface area contributed by atoms with Gasteiger partial charge in [0.05, 0.1) is 23.3 Å². The first kappa shape index (κ1) is 21.1. The van der Waals surface area contributed by atoms with E-state index in [-0.39, 0.29) is 22.8 Å². The van der Waals surface area contributed by atoms with E-state index in [2.05, 4.69) is 0 Å². The van der Waals surface area contributed by atoms with Gasteiger partial charge in [-0.25, -0.2) is 17.2 Å². The maximum atomic E-state index is 14.1. The Morgan fingerprint density at radius 3 is 2.38 bits per heavy atom. The van der Waals surface area contributed by atoms with E-state index in [4.69, 9.17) is 5.73 Å². The summed E-state index contributed by atoms with van der Waals surface area (Å²) in [7, 11) is -3.66. The van der Waals surface area contributed by atoms with E-state index in [1.165, 1.54) is 24.3 Å². The minimum absolute atomic E-state index is 0.109. The molecule has 0 aliphatic carbocycles. The van der Waals surface area contributed by atoms with Gasteiger partial charge in [-0.3, -0.25) is 0 Å². The van der Waals surface area contributed by atoms with Crippen LogP contribution in [0.4, 0.5) is 8.78 Å². The van der Waals surface area contributed by atoms with Crippen molar-refractivity contribution in [3.63, 3.8) is 0 Å². The summed E-state index contributed by atoms with van der Waals surface area (Å²) in [4.78, 5) is 0.109. The molecule has 0 spiro atoms. The van der Waals surface area contributed by atoms with Crippen molar-refractivity contribution in [1.82, 2.24) is 0 Å². The average molecular weight is 417 g/mol. The van der Waals surface area contributed by atoms with Gasteiger partial charge in [0.25, 0.3) is 0 Å². The first-order valence-electron chi connectivity index (χ1n) is 8.95. The predicted molar refractivity (Wildman–Crippen MR) is 108 cm³/mol. The van der Waals surface area contributed by atoms with Crippen LogP contribution in [0.5, 0.6) is 0 Å². The number of sulfone groups is 1. The lowest BCUT2D eigenvalue weighted by molar-refractivity contribution is 0.268. The third-order valence-corrected chi connectivity index (χ3v) is 6.40. The van der Waals surface area contributed by atoms with Crippen LogP contribution in [0.1, 0.15) is 22.7 Å². The molecule has 0 unspecified atom stereocenters. The summed E-state index contributed by atoms with van der Waals surface area (Å²) in [5.74, 6) is -1.62. The Kier molecular flexibility index (Phi) is 6.12. The molecule has 7 heteroatoms. The maximum absolute atomic E-state index is 14.1. The number of aliphatic hydroxyl groups excluding tert-OH is 1. The first-order chi connectivity index (χ1) is 13.7. The quantitative estimate of drug-likeness (QED) is 0.637. The third kappa shape index (κ3) is 4.70. The Morgan fingerprint density at radius 1 is 1.00 bits per heavy atom. The highest BCUT2D eigenvalue weighted by molar-refractivity contribution is 7.90. The smallest absolute Gasteiger partial charge is 0.182 e. The van der Waals surface area contributed by atoms with Crippen molar-refractivity contribution in [1.29, 1.82) is 0 Å². The van der Waals surface area contributed by atoms with Crippen molar-refractivity contribution in [2.24, 2.45) is 5.73 Å². The van der Waals surface area contributed by atoms with E-state index in [0.29, 0.717) is 22.3 Å². The van der Waals surface area contributed by atoms with Gasteiger partial charge in [-0.1, -0.05) is 30.3 Å². The lowest BCUT2D eigenvalue weighted by Gasteiger charge is -2.12. The van der Waals surface area contributed by atoms with Crippen molar-refractivity contribution >= 4 is 9.84 Å². The number of benzene rings is 3. The van der Waals surface area contributed by atoms with Crippen molar-refractivity contribution in [3.05, 3.63) is 89.0 Å². The maximum Gasteiger partial charge on any atom is 0.182 e. The Balaban J connectivity index is 1.91. The van der Waals surface area contributed by atoms with Crippen LogP contribution in [-0.2, 0) is 15.6 Å². The van der Waals surface area contributed by atoms with Gasteiger partial charge in [0.15, 0.2) is 9.84 Å². The highest BCUT2D eigenvalue weighted by Crippen LogP contribution is 2.29. The molecule has 4 nitrogen and oxygen atoms in total. The van der Waals surface area contributed by atoms with Crippen LogP contribution in [0.2, 0.25) is 0 Å². The van der Waals surface area contributed by atoms with Crippen LogP contribution >= 0.6 is 0 Å². The first-order valence-corrected chi connectivity index (χ1v) is 10.6. The van der Waals surface area contributed by atoms with Crippen molar-refractivity contribution in [2.45, 2.75) is 23.6 Å². The Labute approximate surface area is 168 Å². The summed E-state index contributed by atoms with van der Waals surface area (Å²) < 4.78 is 53.0. The molecule has 0 amide bonds. The van der Waals surface area contributed by atoms with Crippen LogP contribution in [0.25, 0.3) is 11.1 Å². The molecule has 0 saturated carbocycles. The van der Waals surface area contributed by atoms with Gasteiger partial charge in [-0.2, -0.15) is 0 Å². The van der Waals surface area contributed by atoms with Gasteiger partial charge >= 0.3 is 0 Å². The van der Waals surface area contributed by atoms with E-state index in [1.54, 1.807) is 31.2 Å². The molecule has 0 bridgehead atoms. The van der Waals surface area contributed by atoms with Gasteiger partial charge in [0, 0.05) is 11.6 Å². The molecule has 0 heterocycles. The molecular weight excluding hydrogens is 396 g/mol. The highest BCUT2D eigenvalue weighted by Gasteiger charge is 2.18. The van der Waals surface area contributed by atoms with Crippen molar-refractivity contribution in [2.75, 3.05) is 6.61 Å². The number of rotatable bonds is 6. The van der Waals surface area contributed by atoms with Gasteiger partial charge in [0.1, 0.15) is 11.6 Å². The highest BCUT2D eigenvalue weighted by atomic mass is 32.2. The fraction of sp³-hybridized carbons (Fsp3) is 0.182. The standard InChI is InChI=1S/C22H21F2NO3S/c1-14-9-18(6-8-19(14)20-7-5-17(23)11-21(20)24)29(27,28)13-15-3-2-4-16(10-15)22(25)12-26/h2-11,22,26H,12-13,25H2,1H3/t22-/m1/s1. The normalized spacial score (nSPS) is 12.7. The number of hydrogen-bond donors (Lipinski definition) is 2. The molecule has 0 aliphatic heterocycles. The molecular formula is C22H21F2NO3S. The number of nitrogens with two attached hydrogens (primary N) is 1. The van der Waals surface area contributed by atoms with Crippen LogP contribution in [0.15, 0.2) is 65.6 Å². The fourth-order valence-corrected chi connectivity index (χ4v) is 4.58. The summed E-state index contributed by atoms with van der Waals surface area (Å²) in [6.07, 6.45) is 0. The minimum atomic E-state index is -3.66. The van der Waals surface area contributed by atoms with E-state index >= 15 is 0 Å². The Bertz CT molecular complexity index is 1150. The van der Waals surface area contributed by atoms with Crippen LogP contribution in [0.3, 0.4) is 0 Å². The molecule has 0 aliphatic rings. The summed E-state index contributed by atoms with van der Waals surface area (Å²) in [6, 6.07) is 13.9. The van der Waals surface area contributed by atoms with Crippen LogP contribution < -0.4 is 5.73 Å². The SMILES string of the molecule is Cc1cc(S(=O)(=O)Cc2cccc([C@H](N)CO)c2)ccc1-c1ccc(F)cc1F. The van der Waals surface area contributed by atoms with E-state index in [1.807, 2.05) is 0 Å². The Hall–Kier alpha value is -2.61. The second kappa shape index (κ2) is 8.41. The second-order valence-electron chi connectivity index (χ2n) is 6.89. The molecule has 1 atom stereocenters. The monoisotopic (exact) mass is 417 g/mol. The van der Waals surface area contributed by atoms with Crippen molar-refractivity contribution in [3.8, 4) is 11.1 Å². The largest absolute Gasteiger partial charge is 0.394 e. The summed E-state index contributed by atoms with van der Waals surface area (Å²) in [5, 5.41) is 9.18. The zero-order chi connectivity index (χ0) is 21.2. The van der Waals surface area contributed by atoms with E-state index in [9.17, 15) is 22.3 Å². The van der Waals surface area contributed by atoms with Gasteiger partial charge < -0.3 is 10.8 Å². The second-order valence-corrected chi connectivity index (χ2v) is 8.88. The summed E-state index contributed by atoms with van der Waals surface area (Å²) in [5.41, 5.74) is 8.27.